The van der Waals surface area contributed by atoms with Gasteiger partial charge in [0.15, 0.2) is 5.76 Å². The normalized spacial score (nSPS) is 11.9. The average molecular weight is 392 g/mol. The summed E-state index contributed by atoms with van der Waals surface area (Å²) < 4.78 is 6.20. The smallest absolute Gasteiger partial charge is 0.155 e. The van der Waals surface area contributed by atoms with Gasteiger partial charge in [-0.1, -0.05) is 65.8 Å². The van der Waals surface area contributed by atoms with Gasteiger partial charge in [0, 0.05) is 23.0 Å². The molecule has 0 aliphatic heterocycles. The molecule has 0 radical (unpaired) electrons. The minimum atomic E-state index is 0.468. The standard InChI is InChI=1S/C26H20N2O2/c29-28-23-16-26(24-15-20-8-4-5-9-21(20)17-27-24)30-25-14-19(12-13-22(23)25)11-10-18-6-2-1-3-7-18/h1-9,12-17,29H,10-11H2/b28-23-. The van der Waals surface area contributed by atoms with Crippen LogP contribution in [-0.2, 0) is 12.8 Å². The van der Waals surface area contributed by atoms with E-state index in [4.69, 9.17) is 4.42 Å². The fraction of sp³-hybridized carbons (Fsp3) is 0.0769. The number of fused-ring (bicyclic) bond motifs is 2. The first-order valence-corrected chi connectivity index (χ1v) is 9.94. The second kappa shape index (κ2) is 7.84. The highest BCUT2D eigenvalue weighted by atomic mass is 16.4. The van der Waals surface area contributed by atoms with Crippen LogP contribution in [0.15, 0.2) is 101 Å². The third-order valence-electron chi connectivity index (χ3n) is 5.35. The number of hydrogen-bond donors (Lipinski definition) is 1. The maximum absolute atomic E-state index is 9.56. The van der Waals surface area contributed by atoms with Crippen molar-refractivity contribution in [1.82, 2.24) is 4.98 Å². The number of nitrogens with zero attached hydrogens (tertiary/aromatic N) is 2. The SMILES string of the molecule is O/N=c1/cc(-c2cc3ccccc3cn2)oc2cc(CCc3ccccc3)ccc12. The van der Waals surface area contributed by atoms with Gasteiger partial charge < -0.3 is 9.62 Å². The van der Waals surface area contributed by atoms with Crippen LogP contribution in [0.4, 0.5) is 0 Å². The lowest BCUT2D eigenvalue weighted by Crippen LogP contribution is -2.04. The number of pyridine rings is 1. The van der Waals surface area contributed by atoms with Crippen LogP contribution in [0.2, 0.25) is 0 Å². The van der Waals surface area contributed by atoms with Crippen LogP contribution in [-0.4, -0.2) is 10.2 Å². The summed E-state index contributed by atoms with van der Waals surface area (Å²) in [6, 6.07) is 28.2. The van der Waals surface area contributed by atoms with Gasteiger partial charge in [-0.3, -0.25) is 4.98 Å². The third-order valence-corrected chi connectivity index (χ3v) is 5.35. The second-order valence-electron chi connectivity index (χ2n) is 7.33. The van der Waals surface area contributed by atoms with Crippen molar-refractivity contribution in [1.29, 1.82) is 0 Å². The molecule has 5 rings (SSSR count). The number of aromatic nitrogens is 1. The van der Waals surface area contributed by atoms with E-state index in [-0.39, 0.29) is 0 Å². The fourth-order valence-electron chi connectivity index (χ4n) is 3.73. The number of hydrogen-bond acceptors (Lipinski definition) is 4. The number of aryl methyl sites for hydroxylation is 2. The van der Waals surface area contributed by atoms with Crippen molar-refractivity contribution in [3.05, 3.63) is 108 Å². The maximum atomic E-state index is 9.56. The molecule has 4 heteroatoms. The zero-order valence-electron chi connectivity index (χ0n) is 16.3. The minimum absolute atomic E-state index is 0.468. The van der Waals surface area contributed by atoms with E-state index in [1.165, 1.54) is 11.1 Å². The van der Waals surface area contributed by atoms with Crippen molar-refractivity contribution < 1.29 is 9.62 Å². The lowest BCUT2D eigenvalue weighted by Gasteiger charge is -2.07. The van der Waals surface area contributed by atoms with E-state index >= 15 is 0 Å². The van der Waals surface area contributed by atoms with Gasteiger partial charge in [-0.25, -0.2) is 0 Å². The molecule has 0 saturated carbocycles. The first kappa shape index (κ1) is 18.1. The molecule has 0 aliphatic carbocycles. The first-order chi connectivity index (χ1) is 14.8. The monoisotopic (exact) mass is 392 g/mol. The highest BCUT2D eigenvalue weighted by molar-refractivity contribution is 5.85. The van der Waals surface area contributed by atoms with Gasteiger partial charge in [-0.15, -0.1) is 0 Å². The minimum Gasteiger partial charge on any atom is -0.454 e. The van der Waals surface area contributed by atoms with E-state index in [0.29, 0.717) is 22.4 Å². The molecule has 30 heavy (non-hydrogen) atoms. The van der Waals surface area contributed by atoms with Gasteiger partial charge in [0.2, 0.25) is 0 Å². The molecule has 0 fully saturated rings. The zero-order chi connectivity index (χ0) is 20.3. The fourth-order valence-corrected chi connectivity index (χ4v) is 3.73. The number of rotatable bonds is 4. The van der Waals surface area contributed by atoms with Crippen molar-refractivity contribution in [2.45, 2.75) is 12.8 Å². The van der Waals surface area contributed by atoms with E-state index in [2.05, 4.69) is 40.5 Å². The van der Waals surface area contributed by atoms with Gasteiger partial charge in [-0.2, -0.15) is 0 Å². The van der Waals surface area contributed by atoms with Crippen LogP contribution in [0.3, 0.4) is 0 Å². The van der Waals surface area contributed by atoms with E-state index < -0.39 is 0 Å². The largest absolute Gasteiger partial charge is 0.454 e. The molecule has 0 bridgehead atoms. The maximum Gasteiger partial charge on any atom is 0.155 e. The van der Waals surface area contributed by atoms with Crippen LogP contribution in [0.5, 0.6) is 0 Å². The Bertz CT molecular complexity index is 1410. The van der Waals surface area contributed by atoms with Gasteiger partial charge in [0.1, 0.15) is 16.6 Å². The zero-order valence-corrected chi connectivity index (χ0v) is 16.3. The van der Waals surface area contributed by atoms with Gasteiger partial charge in [0.25, 0.3) is 0 Å². The summed E-state index contributed by atoms with van der Waals surface area (Å²) >= 11 is 0. The highest BCUT2D eigenvalue weighted by Gasteiger charge is 2.09. The Morgan fingerprint density at radius 1 is 0.767 bits per heavy atom. The lowest BCUT2D eigenvalue weighted by molar-refractivity contribution is 0.302. The summed E-state index contributed by atoms with van der Waals surface area (Å²) in [7, 11) is 0. The van der Waals surface area contributed by atoms with Gasteiger partial charge in [0.05, 0.1) is 0 Å². The Morgan fingerprint density at radius 2 is 1.53 bits per heavy atom. The Labute approximate surface area is 173 Å². The summed E-state index contributed by atoms with van der Waals surface area (Å²) in [6.45, 7) is 0. The second-order valence-corrected chi connectivity index (χ2v) is 7.33. The summed E-state index contributed by atoms with van der Waals surface area (Å²) in [5.74, 6) is 0.571. The quantitative estimate of drug-likeness (QED) is 0.314. The molecule has 5 aromatic rings. The van der Waals surface area contributed by atoms with E-state index in [1.807, 2.05) is 54.7 Å². The lowest BCUT2D eigenvalue weighted by atomic mass is 10.0. The van der Waals surface area contributed by atoms with Gasteiger partial charge in [-0.05, 0) is 47.6 Å². The third kappa shape index (κ3) is 3.55. The van der Waals surface area contributed by atoms with Crippen molar-refractivity contribution in [3.63, 3.8) is 0 Å². The number of benzene rings is 3. The molecular formula is C26H20N2O2. The van der Waals surface area contributed by atoms with Crippen LogP contribution in [0.1, 0.15) is 11.1 Å². The molecule has 4 nitrogen and oxygen atoms in total. The molecule has 0 unspecified atom stereocenters. The Kier molecular flexibility index (Phi) is 4.74. The van der Waals surface area contributed by atoms with E-state index in [0.717, 1.165) is 29.0 Å². The molecule has 0 saturated heterocycles. The molecule has 0 atom stereocenters. The predicted molar refractivity (Wildman–Crippen MR) is 118 cm³/mol. The van der Waals surface area contributed by atoms with Crippen LogP contribution in [0, 0.1) is 0 Å². The van der Waals surface area contributed by atoms with Crippen LogP contribution in [0.25, 0.3) is 33.2 Å². The van der Waals surface area contributed by atoms with Crippen LogP contribution >= 0.6 is 0 Å². The average Bonchev–Trinajstić information content (AvgIpc) is 2.82. The van der Waals surface area contributed by atoms with Crippen molar-refractivity contribution >= 4 is 21.7 Å². The van der Waals surface area contributed by atoms with Crippen molar-refractivity contribution in [2.24, 2.45) is 5.16 Å². The van der Waals surface area contributed by atoms with Crippen molar-refractivity contribution in [3.8, 4) is 11.5 Å². The Balaban J connectivity index is 1.55. The first-order valence-electron chi connectivity index (χ1n) is 9.94. The molecule has 0 aliphatic rings. The van der Waals surface area contributed by atoms with E-state index in [1.54, 1.807) is 6.07 Å². The summed E-state index contributed by atoms with van der Waals surface area (Å²) in [5, 5.41) is 16.4. The summed E-state index contributed by atoms with van der Waals surface area (Å²) in [6.07, 6.45) is 3.69. The summed E-state index contributed by atoms with van der Waals surface area (Å²) in [5.41, 5.74) is 3.85. The molecule has 0 amide bonds. The molecule has 2 heterocycles. The van der Waals surface area contributed by atoms with Crippen LogP contribution < -0.4 is 5.36 Å². The molecule has 1 N–H and O–H groups in total. The molecular weight excluding hydrogens is 372 g/mol. The molecule has 0 spiro atoms. The Hall–Kier alpha value is -3.92. The van der Waals surface area contributed by atoms with Crippen molar-refractivity contribution in [2.75, 3.05) is 0 Å². The molecule has 2 aromatic heterocycles. The molecule has 146 valence electrons. The molecule has 3 aromatic carbocycles. The predicted octanol–water partition coefficient (Wildman–Crippen LogP) is 5.72. The van der Waals surface area contributed by atoms with E-state index in [9.17, 15) is 5.21 Å². The highest BCUT2D eigenvalue weighted by Crippen LogP contribution is 2.24. The Morgan fingerprint density at radius 3 is 2.37 bits per heavy atom. The summed E-state index contributed by atoms with van der Waals surface area (Å²) in [4.78, 5) is 4.54. The topological polar surface area (TPSA) is 58.6 Å². The van der Waals surface area contributed by atoms with Gasteiger partial charge >= 0.3 is 0 Å².